The molecule has 1 N–H and O–H groups in total. The molecule has 1 aliphatic carbocycles. The Hall–Kier alpha value is -1.22. The lowest BCUT2D eigenvalue weighted by molar-refractivity contribution is 0.0697. The van der Waals surface area contributed by atoms with Gasteiger partial charge in [-0.15, -0.1) is 0 Å². The van der Waals surface area contributed by atoms with E-state index in [1.54, 1.807) is 6.07 Å². The normalized spacial score (nSPS) is 14.7. The minimum absolute atomic E-state index is 0.231. The van der Waals surface area contributed by atoms with Crippen LogP contribution in [0.3, 0.4) is 0 Å². The van der Waals surface area contributed by atoms with Crippen molar-refractivity contribution in [3.8, 4) is 0 Å². The molecule has 0 aliphatic heterocycles. The summed E-state index contributed by atoms with van der Waals surface area (Å²) in [6.07, 6.45) is 3.29. The summed E-state index contributed by atoms with van der Waals surface area (Å²) in [5.41, 5.74) is 0.990. The SMILES string of the molecule is CCCN(c1cccc(Cl)c1C(=O)O)C1CC1. The number of carboxylic acids is 1. The molecule has 1 fully saturated rings. The molecule has 17 heavy (non-hydrogen) atoms. The van der Waals surface area contributed by atoms with Gasteiger partial charge in [0.15, 0.2) is 0 Å². The highest BCUT2D eigenvalue weighted by atomic mass is 35.5. The lowest BCUT2D eigenvalue weighted by Crippen LogP contribution is -2.28. The van der Waals surface area contributed by atoms with Gasteiger partial charge in [0.1, 0.15) is 5.56 Å². The van der Waals surface area contributed by atoms with Crippen LogP contribution >= 0.6 is 11.6 Å². The molecule has 3 nitrogen and oxygen atoms in total. The number of halogens is 1. The third-order valence-corrected chi connectivity index (χ3v) is 3.28. The van der Waals surface area contributed by atoms with Crippen LogP contribution in [0.4, 0.5) is 5.69 Å². The second kappa shape index (κ2) is 4.96. The smallest absolute Gasteiger partial charge is 0.339 e. The predicted molar refractivity (Wildman–Crippen MR) is 69.1 cm³/mol. The molecule has 0 amide bonds. The van der Waals surface area contributed by atoms with Crippen molar-refractivity contribution in [3.63, 3.8) is 0 Å². The monoisotopic (exact) mass is 253 g/mol. The van der Waals surface area contributed by atoms with Gasteiger partial charge in [0.05, 0.1) is 10.7 Å². The highest BCUT2D eigenvalue weighted by Crippen LogP contribution is 2.36. The van der Waals surface area contributed by atoms with Gasteiger partial charge in [0.25, 0.3) is 0 Å². The van der Waals surface area contributed by atoms with E-state index in [0.29, 0.717) is 11.1 Å². The van der Waals surface area contributed by atoms with E-state index in [9.17, 15) is 9.90 Å². The van der Waals surface area contributed by atoms with E-state index in [4.69, 9.17) is 11.6 Å². The Morgan fingerprint density at radius 2 is 2.24 bits per heavy atom. The number of rotatable bonds is 5. The van der Waals surface area contributed by atoms with E-state index in [1.165, 1.54) is 0 Å². The van der Waals surface area contributed by atoms with Crippen molar-refractivity contribution in [2.24, 2.45) is 0 Å². The summed E-state index contributed by atoms with van der Waals surface area (Å²) in [4.78, 5) is 13.5. The zero-order chi connectivity index (χ0) is 12.4. The Balaban J connectivity index is 2.41. The Kier molecular flexibility index (Phi) is 3.57. The first kappa shape index (κ1) is 12.2. The van der Waals surface area contributed by atoms with Crippen LogP contribution < -0.4 is 4.90 Å². The number of hydrogen-bond acceptors (Lipinski definition) is 2. The summed E-state index contributed by atoms with van der Waals surface area (Å²) >= 11 is 5.99. The molecule has 4 heteroatoms. The van der Waals surface area contributed by atoms with Gasteiger partial charge in [-0.05, 0) is 31.4 Å². The molecule has 0 heterocycles. The number of aromatic carboxylic acids is 1. The molecule has 0 unspecified atom stereocenters. The van der Waals surface area contributed by atoms with Crippen LogP contribution in [0.25, 0.3) is 0 Å². The first-order chi connectivity index (χ1) is 8.15. The van der Waals surface area contributed by atoms with Crippen molar-refractivity contribution in [1.29, 1.82) is 0 Å². The zero-order valence-electron chi connectivity index (χ0n) is 9.82. The first-order valence-corrected chi connectivity index (χ1v) is 6.31. The highest BCUT2D eigenvalue weighted by Gasteiger charge is 2.31. The molecule has 0 radical (unpaired) electrons. The second-order valence-electron chi connectivity index (χ2n) is 4.36. The Morgan fingerprint density at radius 3 is 2.76 bits per heavy atom. The fourth-order valence-corrected chi connectivity index (χ4v) is 2.34. The Labute approximate surface area is 106 Å². The minimum Gasteiger partial charge on any atom is -0.478 e. The van der Waals surface area contributed by atoms with Crippen LogP contribution in [0.2, 0.25) is 5.02 Å². The van der Waals surface area contributed by atoms with Crippen molar-refractivity contribution in [3.05, 3.63) is 28.8 Å². The van der Waals surface area contributed by atoms with Crippen molar-refractivity contribution in [1.82, 2.24) is 0 Å². The van der Waals surface area contributed by atoms with Crippen molar-refractivity contribution in [2.45, 2.75) is 32.2 Å². The molecule has 92 valence electrons. The molecule has 0 atom stereocenters. The van der Waals surface area contributed by atoms with E-state index < -0.39 is 5.97 Å². The molecule has 0 spiro atoms. The topological polar surface area (TPSA) is 40.5 Å². The second-order valence-corrected chi connectivity index (χ2v) is 4.77. The minimum atomic E-state index is -0.952. The van der Waals surface area contributed by atoms with Gasteiger partial charge in [-0.25, -0.2) is 4.79 Å². The third kappa shape index (κ3) is 2.55. The van der Waals surface area contributed by atoms with E-state index in [2.05, 4.69) is 11.8 Å². The summed E-state index contributed by atoms with van der Waals surface area (Å²) in [6, 6.07) is 5.79. The van der Waals surface area contributed by atoms with Crippen LogP contribution in [-0.4, -0.2) is 23.7 Å². The van der Waals surface area contributed by atoms with Crippen molar-refractivity contribution < 1.29 is 9.90 Å². The molecule has 1 aliphatic rings. The number of carbonyl (C=O) groups is 1. The lowest BCUT2D eigenvalue weighted by atomic mass is 10.1. The zero-order valence-corrected chi connectivity index (χ0v) is 10.6. The fourth-order valence-electron chi connectivity index (χ4n) is 2.09. The van der Waals surface area contributed by atoms with Gasteiger partial charge in [0, 0.05) is 12.6 Å². The lowest BCUT2D eigenvalue weighted by Gasteiger charge is -2.26. The molecule has 1 aromatic rings. The molecular formula is C13H16ClNO2. The summed E-state index contributed by atoms with van der Waals surface area (Å²) in [5, 5.41) is 9.57. The van der Waals surface area contributed by atoms with Gasteiger partial charge in [-0.3, -0.25) is 0 Å². The third-order valence-electron chi connectivity index (χ3n) is 2.97. The van der Waals surface area contributed by atoms with Crippen molar-refractivity contribution in [2.75, 3.05) is 11.4 Å². The van der Waals surface area contributed by atoms with E-state index in [-0.39, 0.29) is 5.56 Å². The van der Waals surface area contributed by atoms with E-state index >= 15 is 0 Å². The molecule has 1 aromatic carbocycles. The highest BCUT2D eigenvalue weighted by molar-refractivity contribution is 6.34. The van der Waals surface area contributed by atoms with Gasteiger partial charge >= 0.3 is 5.97 Å². The van der Waals surface area contributed by atoms with Gasteiger partial charge < -0.3 is 10.0 Å². The van der Waals surface area contributed by atoms with E-state index in [1.807, 2.05) is 12.1 Å². The van der Waals surface area contributed by atoms with Gasteiger partial charge in [-0.2, -0.15) is 0 Å². The number of nitrogens with zero attached hydrogens (tertiary/aromatic N) is 1. The molecule has 2 rings (SSSR count). The van der Waals surface area contributed by atoms with Crippen LogP contribution in [0, 0.1) is 0 Å². The Bertz CT molecular complexity index is 429. The Morgan fingerprint density at radius 1 is 1.53 bits per heavy atom. The average Bonchev–Trinajstić information content (AvgIpc) is 3.08. The van der Waals surface area contributed by atoms with E-state index in [0.717, 1.165) is 31.5 Å². The summed E-state index contributed by atoms with van der Waals surface area (Å²) in [7, 11) is 0. The van der Waals surface area contributed by atoms with Crippen LogP contribution in [0.5, 0.6) is 0 Å². The summed E-state index contributed by atoms with van der Waals surface area (Å²) < 4.78 is 0. The number of benzene rings is 1. The van der Waals surface area contributed by atoms with Gasteiger partial charge in [0.2, 0.25) is 0 Å². The molecule has 0 bridgehead atoms. The molecular weight excluding hydrogens is 238 g/mol. The summed E-state index contributed by atoms with van der Waals surface area (Å²) in [6.45, 7) is 2.98. The number of hydrogen-bond donors (Lipinski definition) is 1. The predicted octanol–water partition coefficient (Wildman–Crippen LogP) is 3.42. The number of anilines is 1. The van der Waals surface area contributed by atoms with Gasteiger partial charge in [-0.1, -0.05) is 24.6 Å². The first-order valence-electron chi connectivity index (χ1n) is 5.93. The van der Waals surface area contributed by atoms with Crippen molar-refractivity contribution >= 4 is 23.3 Å². The maximum atomic E-state index is 11.3. The van der Waals surface area contributed by atoms with Crippen LogP contribution in [0.15, 0.2) is 18.2 Å². The molecule has 1 saturated carbocycles. The largest absolute Gasteiger partial charge is 0.478 e. The maximum absolute atomic E-state index is 11.3. The summed E-state index contributed by atoms with van der Waals surface area (Å²) in [5.74, 6) is -0.952. The average molecular weight is 254 g/mol. The standard InChI is InChI=1S/C13H16ClNO2/c1-2-8-15(9-6-7-9)11-5-3-4-10(14)12(11)13(16)17/h3-5,9H,2,6-8H2,1H3,(H,16,17). The molecule has 0 aromatic heterocycles. The maximum Gasteiger partial charge on any atom is 0.339 e. The fraction of sp³-hybridized carbons (Fsp3) is 0.462. The number of carboxylic acid groups (broad SMARTS) is 1. The molecule has 0 saturated heterocycles. The quantitative estimate of drug-likeness (QED) is 0.874. The van der Waals surface area contributed by atoms with Crippen LogP contribution in [0.1, 0.15) is 36.5 Å². The van der Waals surface area contributed by atoms with Crippen LogP contribution in [-0.2, 0) is 0 Å².